The van der Waals surface area contributed by atoms with E-state index < -0.39 is 0 Å². The molecule has 2 aliphatic rings. The summed E-state index contributed by atoms with van der Waals surface area (Å²) in [6.07, 6.45) is 4.90. The molecule has 2 rings (SSSR count). The molecule has 15 heavy (non-hydrogen) atoms. The molecule has 0 aromatic carbocycles. The summed E-state index contributed by atoms with van der Waals surface area (Å²) in [4.78, 5) is 13.9. The van der Waals surface area contributed by atoms with Crippen LogP contribution in [0.1, 0.15) is 32.6 Å². The second kappa shape index (κ2) is 4.49. The van der Waals surface area contributed by atoms with Gasteiger partial charge in [-0.1, -0.05) is 0 Å². The van der Waals surface area contributed by atoms with Crippen LogP contribution in [0.25, 0.3) is 0 Å². The summed E-state index contributed by atoms with van der Waals surface area (Å²) in [5.41, 5.74) is 5.52. The van der Waals surface area contributed by atoms with Crippen LogP contribution >= 0.6 is 0 Å². The van der Waals surface area contributed by atoms with E-state index in [0.29, 0.717) is 6.04 Å². The number of hydrogen-bond donors (Lipinski definition) is 2. The molecule has 0 bridgehead atoms. The largest absolute Gasteiger partial charge is 0.352 e. The number of likely N-dealkylation sites (tertiary alicyclic amines) is 1. The van der Waals surface area contributed by atoms with Crippen molar-refractivity contribution in [3.63, 3.8) is 0 Å². The fourth-order valence-corrected chi connectivity index (χ4v) is 2.18. The molecule has 1 saturated carbocycles. The number of nitrogens with two attached hydrogens (primary N) is 1. The zero-order valence-electron chi connectivity index (χ0n) is 9.41. The van der Waals surface area contributed by atoms with Crippen molar-refractivity contribution in [2.24, 2.45) is 5.73 Å². The molecular weight excluding hydrogens is 190 g/mol. The summed E-state index contributed by atoms with van der Waals surface area (Å²) in [6, 6.07) is 0.819. The predicted octanol–water partition coefficient (Wildman–Crippen LogP) is 0.0766. The second-order valence-electron chi connectivity index (χ2n) is 4.84. The number of piperidine rings is 1. The molecule has 86 valence electrons. The molecule has 1 heterocycles. The monoisotopic (exact) mass is 211 g/mol. The fraction of sp³-hybridized carbons (Fsp3) is 0.909. The number of amides is 1. The van der Waals surface area contributed by atoms with E-state index in [4.69, 9.17) is 5.73 Å². The summed E-state index contributed by atoms with van der Waals surface area (Å²) in [7, 11) is 0. The van der Waals surface area contributed by atoms with Crippen LogP contribution in [0.4, 0.5) is 0 Å². The normalized spacial score (nSPS) is 26.3. The lowest BCUT2D eigenvalue weighted by molar-refractivity contribution is -0.123. The molecule has 1 unspecified atom stereocenters. The lowest BCUT2D eigenvalue weighted by Crippen LogP contribution is -2.49. The Morgan fingerprint density at radius 2 is 1.93 bits per heavy atom. The molecule has 0 aromatic rings. The molecule has 3 N–H and O–H groups in total. The number of carbonyl (C=O) groups is 1. The molecule has 1 amide bonds. The SMILES string of the molecule is CC(N)C(=O)NC1CCN(C2CC2)CC1. The Hall–Kier alpha value is -0.610. The zero-order valence-corrected chi connectivity index (χ0v) is 9.41. The van der Waals surface area contributed by atoms with Crippen molar-refractivity contribution in [3.05, 3.63) is 0 Å². The van der Waals surface area contributed by atoms with Crippen LogP contribution in [0.3, 0.4) is 0 Å². The third-order valence-electron chi connectivity index (χ3n) is 3.35. The standard InChI is InChI=1S/C11H21N3O/c1-8(12)11(15)13-9-4-6-14(7-5-9)10-2-3-10/h8-10H,2-7,12H2,1H3,(H,13,15). The van der Waals surface area contributed by atoms with Gasteiger partial charge in [0.25, 0.3) is 0 Å². The molecule has 4 heteroatoms. The summed E-state index contributed by atoms with van der Waals surface area (Å²) >= 11 is 0. The van der Waals surface area contributed by atoms with Gasteiger partial charge in [0.05, 0.1) is 6.04 Å². The van der Waals surface area contributed by atoms with Crippen LogP contribution in [-0.4, -0.2) is 42.0 Å². The van der Waals surface area contributed by atoms with Crippen LogP contribution in [0.2, 0.25) is 0 Å². The molecule has 0 aromatic heterocycles. The molecule has 0 radical (unpaired) electrons. The number of rotatable bonds is 3. The van der Waals surface area contributed by atoms with Crippen molar-refractivity contribution in [1.82, 2.24) is 10.2 Å². The minimum Gasteiger partial charge on any atom is -0.352 e. The summed E-state index contributed by atoms with van der Waals surface area (Å²) < 4.78 is 0. The van der Waals surface area contributed by atoms with E-state index in [1.54, 1.807) is 6.92 Å². The van der Waals surface area contributed by atoms with E-state index in [-0.39, 0.29) is 11.9 Å². The Balaban J connectivity index is 1.70. The lowest BCUT2D eigenvalue weighted by atomic mass is 10.0. The number of hydrogen-bond acceptors (Lipinski definition) is 3. The topological polar surface area (TPSA) is 58.4 Å². The Morgan fingerprint density at radius 1 is 1.33 bits per heavy atom. The van der Waals surface area contributed by atoms with E-state index in [0.717, 1.165) is 32.0 Å². The summed E-state index contributed by atoms with van der Waals surface area (Å²) in [5.74, 6) is -0.0140. The van der Waals surface area contributed by atoms with Gasteiger partial charge in [-0.25, -0.2) is 0 Å². The van der Waals surface area contributed by atoms with Crippen LogP contribution in [0.5, 0.6) is 0 Å². The minimum absolute atomic E-state index is 0.0140. The van der Waals surface area contributed by atoms with Crippen LogP contribution in [0.15, 0.2) is 0 Å². The molecule has 1 atom stereocenters. The summed E-state index contributed by atoms with van der Waals surface area (Å²) in [5, 5.41) is 3.01. The highest BCUT2D eigenvalue weighted by molar-refractivity contribution is 5.81. The summed E-state index contributed by atoms with van der Waals surface area (Å²) in [6.45, 7) is 4.00. The molecule has 4 nitrogen and oxygen atoms in total. The molecule has 1 aliphatic heterocycles. The van der Waals surface area contributed by atoms with Gasteiger partial charge in [-0.05, 0) is 32.6 Å². The first-order valence-electron chi connectivity index (χ1n) is 5.97. The van der Waals surface area contributed by atoms with Crippen molar-refractivity contribution in [2.75, 3.05) is 13.1 Å². The van der Waals surface area contributed by atoms with Gasteiger partial charge in [0, 0.05) is 25.2 Å². The van der Waals surface area contributed by atoms with Gasteiger partial charge in [-0.3, -0.25) is 4.79 Å². The van der Waals surface area contributed by atoms with Crippen molar-refractivity contribution in [2.45, 2.75) is 50.7 Å². The van der Waals surface area contributed by atoms with E-state index in [1.165, 1.54) is 12.8 Å². The second-order valence-corrected chi connectivity index (χ2v) is 4.84. The maximum Gasteiger partial charge on any atom is 0.236 e. The average Bonchev–Trinajstić information content (AvgIpc) is 3.02. The highest BCUT2D eigenvalue weighted by Gasteiger charge is 2.32. The highest BCUT2D eigenvalue weighted by atomic mass is 16.2. The number of nitrogens with zero attached hydrogens (tertiary/aromatic N) is 1. The van der Waals surface area contributed by atoms with Gasteiger partial charge in [-0.2, -0.15) is 0 Å². The van der Waals surface area contributed by atoms with E-state index >= 15 is 0 Å². The lowest BCUT2D eigenvalue weighted by Gasteiger charge is -2.32. The molecule has 0 spiro atoms. The molecule has 1 aliphatic carbocycles. The molecule has 2 fully saturated rings. The number of nitrogens with one attached hydrogen (secondary N) is 1. The van der Waals surface area contributed by atoms with Crippen LogP contribution in [0, 0.1) is 0 Å². The van der Waals surface area contributed by atoms with Gasteiger partial charge >= 0.3 is 0 Å². The van der Waals surface area contributed by atoms with Gasteiger partial charge in [0.1, 0.15) is 0 Å². The van der Waals surface area contributed by atoms with Gasteiger partial charge in [0.2, 0.25) is 5.91 Å². The quantitative estimate of drug-likeness (QED) is 0.695. The predicted molar refractivity (Wildman–Crippen MR) is 59.4 cm³/mol. The highest BCUT2D eigenvalue weighted by Crippen LogP contribution is 2.29. The smallest absolute Gasteiger partial charge is 0.236 e. The first kappa shape index (κ1) is 10.9. The van der Waals surface area contributed by atoms with Crippen molar-refractivity contribution < 1.29 is 4.79 Å². The average molecular weight is 211 g/mol. The third-order valence-corrected chi connectivity index (χ3v) is 3.35. The number of carbonyl (C=O) groups excluding carboxylic acids is 1. The molecule has 1 saturated heterocycles. The first-order chi connectivity index (χ1) is 7.16. The van der Waals surface area contributed by atoms with Crippen LogP contribution in [-0.2, 0) is 4.79 Å². The van der Waals surface area contributed by atoms with E-state index in [1.807, 2.05) is 0 Å². The third kappa shape index (κ3) is 2.92. The Kier molecular flexibility index (Phi) is 3.26. The minimum atomic E-state index is -0.383. The van der Waals surface area contributed by atoms with E-state index in [2.05, 4.69) is 10.2 Å². The van der Waals surface area contributed by atoms with Gasteiger partial charge in [0.15, 0.2) is 0 Å². The molecular formula is C11H21N3O. The fourth-order valence-electron chi connectivity index (χ4n) is 2.18. The maximum atomic E-state index is 11.4. The Bertz CT molecular complexity index is 230. The van der Waals surface area contributed by atoms with Crippen molar-refractivity contribution >= 4 is 5.91 Å². The Labute approximate surface area is 91.2 Å². The van der Waals surface area contributed by atoms with Gasteiger partial charge < -0.3 is 16.0 Å². The van der Waals surface area contributed by atoms with Crippen molar-refractivity contribution in [1.29, 1.82) is 0 Å². The van der Waals surface area contributed by atoms with Crippen LogP contribution < -0.4 is 11.1 Å². The van der Waals surface area contributed by atoms with Gasteiger partial charge in [-0.15, -0.1) is 0 Å². The zero-order chi connectivity index (χ0) is 10.8. The maximum absolute atomic E-state index is 11.4. The van der Waals surface area contributed by atoms with Crippen molar-refractivity contribution in [3.8, 4) is 0 Å². The first-order valence-corrected chi connectivity index (χ1v) is 5.97. The van der Waals surface area contributed by atoms with E-state index in [9.17, 15) is 4.79 Å². The Morgan fingerprint density at radius 3 is 2.40 bits per heavy atom.